The van der Waals surface area contributed by atoms with Crippen molar-refractivity contribution >= 4 is 22.9 Å². The second-order valence-electron chi connectivity index (χ2n) is 8.33. The van der Waals surface area contributed by atoms with E-state index in [9.17, 15) is 4.79 Å². The highest BCUT2D eigenvalue weighted by Crippen LogP contribution is 2.29. The van der Waals surface area contributed by atoms with Crippen LogP contribution in [0.3, 0.4) is 0 Å². The van der Waals surface area contributed by atoms with Crippen LogP contribution in [0.5, 0.6) is 0 Å². The second-order valence-corrected chi connectivity index (χ2v) is 8.33. The molecule has 1 N–H and O–H groups in total. The van der Waals surface area contributed by atoms with Crippen molar-refractivity contribution in [3.63, 3.8) is 0 Å². The summed E-state index contributed by atoms with van der Waals surface area (Å²) in [5, 5.41) is 11.5. The Morgan fingerprint density at radius 1 is 1.03 bits per heavy atom. The summed E-state index contributed by atoms with van der Waals surface area (Å²) < 4.78 is 1.75. The molecule has 0 saturated carbocycles. The van der Waals surface area contributed by atoms with Crippen LogP contribution in [-0.4, -0.2) is 50.5 Å². The molecule has 168 valence electrons. The fourth-order valence-electron chi connectivity index (χ4n) is 4.42. The molecule has 0 bridgehead atoms. The number of nitrogens with zero attached hydrogens (tertiary/aromatic N) is 6. The van der Waals surface area contributed by atoms with Crippen LogP contribution in [0.25, 0.3) is 11.2 Å². The van der Waals surface area contributed by atoms with Gasteiger partial charge >= 0.3 is 0 Å². The number of rotatable bonds is 8. The summed E-state index contributed by atoms with van der Waals surface area (Å²) in [5.74, 6) is 1.04. The largest absolute Gasteiger partial charge is 0.356 e. The zero-order valence-corrected chi connectivity index (χ0v) is 18.6. The average Bonchev–Trinajstić information content (AvgIpc) is 3.26. The van der Waals surface area contributed by atoms with Gasteiger partial charge in [0.2, 0.25) is 5.91 Å². The number of carbonyl (C=O) groups excluding carboxylic acids is 1. The van der Waals surface area contributed by atoms with Gasteiger partial charge in [0.05, 0.1) is 5.92 Å². The van der Waals surface area contributed by atoms with Gasteiger partial charge in [0, 0.05) is 32.1 Å². The van der Waals surface area contributed by atoms with Gasteiger partial charge in [-0.05, 0) is 24.5 Å². The Kier molecular flexibility index (Phi) is 5.97. The summed E-state index contributed by atoms with van der Waals surface area (Å²) in [5.41, 5.74) is 3.94. The first kappa shape index (κ1) is 21.1. The number of benzene rings is 2. The first-order valence-electron chi connectivity index (χ1n) is 11.4. The number of hydrogen-bond donors (Lipinski definition) is 1. The molecule has 3 heterocycles. The normalized spacial score (nSPS) is 13.9. The minimum Gasteiger partial charge on any atom is -0.356 e. The predicted octanol–water partition coefficient (Wildman–Crippen LogP) is 3.02. The van der Waals surface area contributed by atoms with Crippen molar-refractivity contribution in [1.82, 2.24) is 30.3 Å². The molecule has 2 aromatic heterocycles. The summed E-state index contributed by atoms with van der Waals surface area (Å²) in [7, 11) is 0. The summed E-state index contributed by atoms with van der Waals surface area (Å²) in [6, 6.07) is 20.9. The maximum Gasteiger partial charge on any atom is 0.226 e. The number of hydrogen-bond acceptors (Lipinski definition) is 6. The molecule has 2 aromatic carbocycles. The van der Waals surface area contributed by atoms with Crippen LogP contribution in [0.2, 0.25) is 0 Å². The van der Waals surface area contributed by atoms with E-state index >= 15 is 0 Å². The third-order valence-electron chi connectivity index (χ3n) is 6.27. The first-order chi connectivity index (χ1) is 16.2. The fraction of sp³-hybridized carbons (Fsp3) is 0.320. The molecular weight excluding hydrogens is 414 g/mol. The third kappa shape index (κ3) is 4.28. The molecular formula is C25H27N7O. The topological polar surface area (TPSA) is 88.8 Å². The monoisotopic (exact) mass is 441 g/mol. The van der Waals surface area contributed by atoms with Crippen LogP contribution in [0, 0.1) is 5.92 Å². The summed E-state index contributed by atoms with van der Waals surface area (Å²) in [4.78, 5) is 23.5. The molecule has 0 aliphatic carbocycles. The van der Waals surface area contributed by atoms with Crippen LogP contribution in [-0.2, 0) is 11.3 Å². The van der Waals surface area contributed by atoms with Crippen LogP contribution in [0.15, 0.2) is 67.0 Å². The quantitative estimate of drug-likeness (QED) is 0.452. The van der Waals surface area contributed by atoms with E-state index in [2.05, 4.69) is 79.0 Å². The van der Waals surface area contributed by atoms with E-state index in [4.69, 9.17) is 0 Å². The van der Waals surface area contributed by atoms with Gasteiger partial charge in [-0.2, -0.15) is 0 Å². The molecule has 8 heteroatoms. The Hall–Kier alpha value is -3.81. The molecule has 8 nitrogen and oxygen atoms in total. The van der Waals surface area contributed by atoms with Gasteiger partial charge in [-0.3, -0.25) is 4.79 Å². The van der Waals surface area contributed by atoms with Gasteiger partial charge in [0.25, 0.3) is 0 Å². The zero-order chi connectivity index (χ0) is 22.6. The molecule has 1 fully saturated rings. The molecule has 1 aliphatic heterocycles. The van der Waals surface area contributed by atoms with E-state index in [1.807, 2.05) is 19.1 Å². The van der Waals surface area contributed by atoms with Crippen molar-refractivity contribution in [2.24, 2.45) is 5.92 Å². The molecule has 1 amide bonds. The highest BCUT2D eigenvalue weighted by Gasteiger charge is 2.35. The molecule has 1 saturated heterocycles. The SMILES string of the molecule is CCn1nnc2c(N3CC(C(=O)NCCC(c4ccccc4)c4ccccc4)C3)ncnc21. The Morgan fingerprint density at radius 2 is 1.70 bits per heavy atom. The van der Waals surface area contributed by atoms with Crippen molar-refractivity contribution in [3.8, 4) is 0 Å². The van der Waals surface area contributed by atoms with Gasteiger partial charge < -0.3 is 10.2 Å². The molecule has 0 radical (unpaired) electrons. The van der Waals surface area contributed by atoms with Crippen molar-refractivity contribution in [3.05, 3.63) is 78.1 Å². The summed E-state index contributed by atoms with van der Waals surface area (Å²) in [6.07, 6.45) is 2.39. The molecule has 0 unspecified atom stereocenters. The van der Waals surface area contributed by atoms with E-state index in [0.29, 0.717) is 31.7 Å². The van der Waals surface area contributed by atoms with Crippen molar-refractivity contribution in [2.45, 2.75) is 25.8 Å². The number of fused-ring (bicyclic) bond motifs is 1. The van der Waals surface area contributed by atoms with E-state index < -0.39 is 0 Å². The molecule has 0 spiro atoms. The van der Waals surface area contributed by atoms with Crippen LogP contribution >= 0.6 is 0 Å². The second kappa shape index (κ2) is 9.36. The van der Waals surface area contributed by atoms with Gasteiger partial charge in [-0.15, -0.1) is 5.10 Å². The van der Waals surface area contributed by atoms with Crippen molar-refractivity contribution in [1.29, 1.82) is 0 Å². The Morgan fingerprint density at radius 3 is 2.33 bits per heavy atom. The Bertz CT molecular complexity index is 1180. The van der Waals surface area contributed by atoms with Crippen LogP contribution < -0.4 is 10.2 Å². The summed E-state index contributed by atoms with van der Waals surface area (Å²) >= 11 is 0. The molecule has 0 atom stereocenters. The van der Waals surface area contributed by atoms with Crippen LogP contribution in [0.4, 0.5) is 5.82 Å². The molecule has 33 heavy (non-hydrogen) atoms. The lowest BCUT2D eigenvalue weighted by atomic mass is 9.88. The van der Waals surface area contributed by atoms with Crippen molar-refractivity contribution in [2.75, 3.05) is 24.5 Å². The van der Waals surface area contributed by atoms with Gasteiger partial charge in [-0.25, -0.2) is 14.6 Å². The zero-order valence-electron chi connectivity index (χ0n) is 18.6. The number of anilines is 1. The highest BCUT2D eigenvalue weighted by atomic mass is 16.2. The predicted molar refractivity (Wildman–Crippen MR) is 127 cm³/mol. The van der Waals surface area contributed by atoms with E-state index in [1.165, 1.54) is 17.5 Å². The average molecular weight is 442 g/mol. The van der Waals surface area contributed by atoms with Crippen molar-refractivity contribution < 1.29 is 4.79 Å². The van der Waals surface area contributed by atoms with Crippen LogP contribution in [0.1, 0.15) is 30.4 Å². The minimum absolute atomic E-state index is 0.0527. The lowest BCUT2D eigenvalue weighted by Crippen LogP contribution is -2.54. The fourth-order valence-corrected chi connectivity index (χ4v) is 4.42. The number of nitrogens with one attached hydrogen (secondary N) is 1. The number of amides is 1. The minimum atomic E-state index is -0.0527. The smallest absolute Gasteiger partial charge is 0.226 e. The Balaban J connectivity index is 1.18. The lowest BCUT2D eigenvalue weighted by Gasteiger charge is -2.39. The molecule has 5 rings (SSSR count). The lowest BCUT2D eigenvalue weighted by molar-refractivity contribution is -0.125. The van der Waals surface area contributed by atoms with Gasteiger partial charge in [-0.1, -0.05) is 65.9 Å². The number of aryl methyl sites for hydroxylation is 1. The van der Waals surface area contributed by atoms with E-state index in [-0.39, 0.29) is 17.7 Å². The first-order valence-corrected chi connectivity index (χ1v) is 11.4. The van der Waals surface area contributed by atoms with E-state index in [1.54, 1.807) is 4.68 Å². The number of carbonyl (C=O) groups is 1. The van der Waals surface area contributed by atoms with Gasteiger partial charge in [0.15, 0.2) is 17.0 Å². The molecule has 1 aliphatic rings. The van der Waals surface area contributed by atoms with Gasteiger partial charge in [0.1, 0.15) is 6.33 Å². The Labute approximate surface area is 192 Å². The standard InChI is InChI=1S/C25H27N7O/c1-2-32-24-22(29-30-32)23(27-17-28-24)31-15-20(16-31)25(33)26-14-13-21(18-9-5-3-6-10-18)19-11-7-4-8-12-19/h3-12,17,20-21H,2,13-16H2,1H3,(H,26,33). The molecule has 4 aromatic rings. The maximum atomic E-state index is 12.8. The number of aromatic nitrogens is 5. The van der Waals surface area contributed by atoms with E-state index in [0.717, 1.165) is 17.9 Å². The third-order valence-corrected chi connectivity index (χ3v) is 6.27. The summed E-state index contributed by atoms with van der Waals surface area (Å²) in [6.45, 7) is 4.58. The highest BCUT2D eigenvalue weighted by molar-refractivity contribution is 5.86. The maximum absolute atomic E-state index is 12.8.